The predicted octanol–water partition coefficient (Wildman–Crippen LogP) is 4.12. The Bertz CT molecular complexity index is 366. The van der Waals surface area contributed by atoms with Crippen molar-refractivity contribution in [3.8, 4) is 5.75 Å². The van der Waals surface area contributed by atoms with Gasteiger partial charge in [-0.25, -0.2) is 0 Å². The molecule has 1 fully saturated rings. The first-order chi connectivity index (χ1) is 9.83. The van der Waals surface area contributed by atoms with Crippen LogP contribution in [0.15, 0.2) is 24.3 Å². The maximum absolute atomic E-state index is 5.93. The van der Waals surface area contributed by atoms with Crippen LogP contribution in [0.5, 0.6) is 5.75 Å². The van der Waals surface area contributed by atoms with Crippen LogP contribution >= 0.6 is 0 Å². The third-order valence-electron chi connectivity index (χ3n) is 3.57. The number of ether oxygens (including phenoxy) is 3. The van der Waals surface area contributed by atoms with Crippen LogP contribution in [0.2, 0.25) is 0 Å². The number of benzene rings is 1. The molecule has 0 aliphatic carbocycles. The van der Waals surface area contributed by atoms with Crippen LogP contribution in [0.3, 0.4) is 0 Å². The highest BCUT2D eigenvalue weighted by atomic mass is 16.6. The Balaban J connectivity index is 1.81. The first kappa shape index (κ1) is 15.3. The van der Waals surface area contributed by atoms with Gasteiger partial charge in [-0.3, -0.25) is 0 Å². The third kappa shape index (κ3) is 4.50. The zero-order valence-electron chi connectivity index (χ0n) is 12.6. The molecule has 0 saturated carbocycles. The second-order valence-corrected chi connectivity index (χ2v) is 5.34. The van der Waals surface area contributed by atoms with Crippen LogP contribution < -0.4 is 4.74 Å². The molecule has 0 bridgehead atoms. The minimum atomic E-state index is 0.0631. The number of rotatable bonds is 7. The molecule has 3 nitrogen and oxygen atoms in total. The van der Waals surface area contributed by atoms with E-state index in [1.54, 1.807) is 0 Å². The summed E-state index contributed by atoms with van der Waals surface area (Å²) in [7, 11) is 0. The number of unbranched alkanes of at least 4 members (excludes halogenated alkanes) is 1. The average molecular weight is 278 g/mol. The highest BCUT2D eigenvalue weighted by Gasteiger charge is 2.23. The molecule has 2 atom stereocenters. The highest BCUT2D eigenvalue weighted by molar-refractivity contribution is 5.28. The van der Waals surface area contributed by atoms with E-state index in [9.17, 15) is 0 Å². The van der Waals surface area contributed by atoms with Crippen molar-refractivity contribution in [1.29, 1.82) is 0 Å². The molecular formula is C17H26O3. The molecule has 0 amide bonds. The number of hydrogen-bond donors (Lipinski definition) is 0. The molecule has 1 aliphatic rings. The van der Waals surface area contributed by atoms with Crippen LogP contribution in [0.1, 0.15) is 51.2 Å². The van der Waals surface area contributed by atoms with Gasteiger partial charge in [0.25, 0.3) is 0 Å². The fourth-order valence-corrected chi connectivity index (χ4v) is 2.33. The summed E-state index contributed by atoms with van der Waals surface area (Å²) in [6.45, 7) is 6.44. The zero-order valence-corrected chi connectivity index (χ0v) is 12.6. The van der Waals surface area contributed by atoms with Crippen molar-refractivity contribution in [2.45, 2.75) is 51.7 Å². The zero-order chi connectivity index (χ0) is 14.2. The molecule has 0 N–H and O–H groups in total. The molecule has 0 spiro atoms. The van der Waals surface area contributed by atoms with E-state index in [1.165, 1.54) is 18.4 Å². The second-order valence-electron chi connectivity index (χ2n) is 5.34. The van der Waals surface area contributed by atoms with Gasteiger partial charge in [-0.1, -0.05) is 38.8 Å². The molecule has 0 radical (unpaired) electrons. The Kier molecular flexibility index (Phi) is 6.34. The van der Waals surface area contributed by atoms with E-state index in [-0.39, 0.29) is 12.2 Å². The molecule has 3 heteroatoms. The molecule has 1 heterocycles. The van der Waals surface area contributed by atoms with E-state index in [4.69, 9.17) is 14.2 Å². The minimum absolute atomic E-state index is 0.0631. The summed E-state index contributed by atoms with van der Waals surface area (Å²) in [5.41, 5.74) is 1.17. The Morgan fingerprint density at radius 1 is 1.05 bits per heavy atom. The quantitative estimate of drug-likeness (QED) is 0.751. The van der Waals surface area contributed by atoms with E-state index < -0.39 is 0 Å². The van der Waals surface area contributed by atoms with Crippen molar-refractivity contribution in [3.63, 3.8) is 0 Å². The first-order valence-corrected chi connectivity index (χ1v) is 7.79. The second kappa shape index (κ2) is 8.28. The Morgan fingerprint density at radius 2 is 1.85 bits per heavy atom. The lowest BCUT2D eigenvalue weighted by Gasteiger charge is -2.29. The van der Waals surface area contributed by atoms with Gasteiger partial charge in [-0.2, -0.15) is 0 Å². The van der Waals surface area contributed by atoms with Gasteiger partial charge in [0.2, 0.25) is 0 Å². The lowest BCUT2D eigenvalue weighted by Crippen LogP contribution is -2.31. The highest BCUT2D eigenvalue weighted by Crippen LogP contribution is 2.26. The van der Waals surface area contributed by atoms with Gasteiger partial charge in [0.1, 0.15) is 11.9 Å². The molecule has 1 saturated heterocycles. The third-order valence-corrected chi connectivity index (χ3v) is 3.57. The largest absolute Gasteiger partial charge is 0.494 e. The minimum Gasteiger partial charge on any atom is -0.494 e. The van der Waals surface area contributed by atoms with E-state index in [2.05, 4.69) is 26.0 Å². The molecular weight excluding hydrogens is 252 g/mol. The molecule has 1 aromatic rings. The summed E-state index contributed by atoms with van der Waals surface area (Å²) in [5.74, 6) is 0.924. The van der Waals surface area contributed by atoms with Crippen LogP contribution in [0.4, 0.5) is 0 Å². The van der Waals surface area contributed by atoms with Crippen molar-refractivity contribution >= 4 is 0 Å². The van der Waals surface area contributed by atoms with Crippen molar-refractivity contribution in [3.05, 3.63) is 29.8 Å². The summed E-state index contributed by atoms with van der Waals surface area (Å²) >= 11 is 0. The van der Waals surface area contributed by atoms with Crippen LogP contribution in [-0.2, 0) is 9.47 Å². The van der Waals surface area contributed by atoms with Crippen molar-refractivity contribution < 1.29 is 14.2 Å². The van der Waals surface area contributed by atoms with Gasteiger partial charge < -0.3 is 14.2 Å². The van der Waals surface area contributed by atoms with Crippen LogP contribution in [0.25, 0.3) is 0 Å². The fraction of sp³-hybridized carbons (Fsp3) is 0.647. The lowest BCUT2D eigenvalue weighted by molar-refractivity contribution is -0.137. The summed E-state index contributed by atoms with van der Waals surface area (Å²) in [6.07, 6.45) is 4.89. The molecule has 112 valence electrons. The SMILES string of the molecule is CCCC[C@@H]1CO[C@@H](c2ccc(OCCC)cc2)CO1. The maximum atomic E-state index is 5.93. The van der Waals surface area contributed by atoms with Crippen LogP contribution in [0, 0.1) is 0 Å². The summed E-state index contributed by atoms with van der Waals surface area (Å²) in [4.78, 5) is 0. The summed E-state index contributed by atoms with van der Waals surface area (Å²) < 4.78 is 17.4. The van der Waals surface area contributed by atoms with Gasteiger partial charge in [0, 0.05) is 0 Å². The van der Waals surface area contributed by atoms with Gasteiger partial charge in [-0.15, -0.1) is 0 Å². The molecule has 2 rings (SSSR count). The topological polar surface area (TPSA) is 27.7 Å². The summed E-state index contributed by atoms with van der Waals surface area (Å²) in [6, 6.07) is 8.17. The van der Waals surface area contributed by atoms with E-state index >= 15 is 0 Å². The molecule has 0 aromatic heterocycles. The monoisotopic (exact) mass is 278 g/mol. The molecule has 1 aliphatic heterocycles. The standard InChI is InChI=1S/C17H26O3/c1-3-5-6-16-12-20-17(13-19-16)14-7-9-15(10-8-14)18-11-4-2/h7-10,16-17H,3-6,11-13H2,1-2H3/t16-,17-/m1/s1. The molecule has 1 aromatic carbocycles. The van der Waals surface area contributed by atoms with Crippen molar-refractivity contribution in [2.24, 2.45) is 0 Å². The first-order valence-electron chi connectivity index (χ1n) is 7.79. The molecule has 20 heavy (non-hydrogen) atoms. The van der Waals surface area contributed by atoms with Crippen molar-refractivity contribution in [2.75, 3.05) is 19.8 Å². The average Bonchev–Trinajstić information content (AvgIpc) is 2.52. The van der Waals surface area contributed by atoms with E-state index in [0.29, 0.717) is 13.2 Å². The Morgan fingerprint density at radius 3 is 2.45 bits per heavy atom. The van der Waals surface area contributed by atoms with Gasteiger partial charge in [-0.05, 0) is 30.5 Å². The van der Waals surface area contributed by atoms with Crippen molar-refractivity contribution in [1.82, 2.24) is 0 Å². The Hall–Kier alpha value is -1.06. The maximum Gasteiger partial charge on any atom is 0.119 e. The number of hydrogen-bond acceptors (Lipinski definition) is 3. The molecule has 0 unspecified atom stereocenters. The Labute approximate surface area is 122 Å². The van der Waals surface area contributed by atoms with Gasteiger partial charge in [0.15, 0.2) is 0 Å². The van der Waals surface area contributed by atoms with Gasteiger partial charge in [0.05, 0.1) is 25.9 Å². The van der Waals surface area contributed by atoms with E-state index in [0.717, 1.165) is 25.2 Å². The van der Waals surface area contributed by atoms with Gasteiger partial charge >= 0.3 is 0 Å². The van der Waals surface area contributed by atoms with Crippen LogP contribution in [-0.4, -0.2) is 25.9 Å². The normalized spacial score (nSPS) is 22.7. The lowest BCUT2D eigenvalue weighted by atomic mass is 10.1. The van der Waals surface area contributed by atoms with E-state index in [1.807, 2.05) is 12.1 Å². The summed E-state index contributed by atoms with van der Waals surface area (Å²) in [5, 5.41) is 0. The smallest absolute Gasteiger partial charge is 0.119 e. The fourth-order valence-electron chi connectivity index (χ4n) is 2.33. The predicted molar refractivity (Wildman–Crippen MR) is 80.2 cm³/mol.